The fraction of sp³-hybridized carbons (Fsp3) is 1.00. The van der Waals surface area contributed by atoms with Crippen LogP contribution in [-0.4, -0.2) is 30.0 Å². The number of nitrogens with two attached hydrogens (primary N) is 1. The number of alkyl halides is 2. The van der Waals surface area contributed by atoms with Gasteiger partial charge in [-0.15, -0.1) is 0 Å². The van der Waals surface area contributed by atoms with E-state index in [2.05, 4.69) is 0 Å². The van der Waals surface area contributed by atoms with E-state index in [-0.39, 0.29) is 13.0 Å². The van der Waals surface area contributed by atoms with Crippen LogP contribution in [0.15, 0.2) is 0 Å². The first-order valence-corrected chi connectivity index (χ1v) is 3.45. The predicted octanol–water partition coefficient (Wildman–Crippen LogP) is 0.0778. The first-order chi connectivity index (χ1) is 5.03. The van der Waals surface area contributed by atoms with Crippen LogP contribution in [0.2, 0.25) is 0 Å². The number of hydrogen-bond acceptors (Lipinski definition) is 3. The molecule has 0 spiro atoms. The highest BCUT2D eigenvalue weighted by molar-refractivity contribution is 4.79. The van der Waals surface area contributed by atoms with Gasteiger partial charge in [-0.3, -0.25) is 0 Å². The molecule has 5 heteroatoms. The van der Waals surface area contributed by atoms with Gasteiger partial charge >= 0.3 is 0 Å². The third kappa shape index (κ3) is 2.36. The molecule has 1 heterocycles. The SMILES string of the molecule is NCC1CC(F)(F)CC(O)O1. The second-order valence-electron chi connectivity index (χ2n) is 2.71. The summed E-state index contributed by atoms with van der Waals surface area (Å²) >= 11 is 0. The van der Waals surface area contributed by atoms with Crippen molar-refractivity contribution in [3.63, 3.8) is 0 Å². The zero-order valence-corrected chi connectivity index (χ0v) is 5.96. The second kappa shape index (κ2) is 3.00. The van der Waals surface area contributed by atoms with E-state index < -0.39 is 24.7 Å². The molecule has 3 nitrogen and oxygen atoms in total. The molecule has 2 unspecified atom stereocenters. The van der Waals surface area contributed by atoms with Crippen molar-refractivity contribution in [1.82, 2.24) is 0 Å². The van der Waals surface area contributed by atoms with E-state index in [1.165, 1.54) is 0 Å². The van der Waals surface area contributed by atoms with Crippen LogP contribution in [0.1, 0.15) is 12.8 Å². The molecule has 66 valence electrons. The summed E-state index contributed by atoms with van der Waals surface area (Å²) in [4.78, 5) is 0. The maximum Gasteiger partial charge on any atom is 0.255 e. The third-order valence-electron chi connectivity index (χ3n) is 1.61. The fourth-order valence-electron chi connectivity index (χ4n) is 1.13. The maximum absolute atomic E-state index is 12.6. The molecule has 2 atom stereocenters. The summed E-state index contributed by atoms with van der Waals surface area (Å²) in [6.07, 6.45) is -3.09. The Labute approximate surface area is 63.1 Å². The van der Waals surface area contributed by atoms with Gasteiger partial charge in [0.25, 0.3) is 5.92 Å². The molecule has 0 radical (unpaired) electrons. The monoisotopic (exact) mass is 167 g/mol. The van der Waals surface area contributed by atoms with Crippen molar-refractivity contribution in [3.05, 3.63) is 0 Å². The van der Waals surface area contributed by atoms with Crippen molar-refractivity contribution in [2.24, 2.45) is 5.73 Å². The van der Waals surface area contributed by atoms with Gasteiger partial charge in [0.2, 0.25) is 0 Å². The Kier molecular flexibility index (Phi) is 2.41. The highest BCUT2D eigenvalue weighted by atomic mass is 19.3. The van der Waals surface area contributed by atoms with Gasteiger partial charge in [-0.25, -0.2) is 8.78 Å². The van der Waals surface area contributed by atoms with Crippen LogP contribution >= 0.6 is 0 Å². The van der Waals surface area contributed by atoms with Gasteiger partial charge in [0.1, 0.15) is 0 Å². The van der Waals surface area contributed by atoms with E-state index in [0.29, 0.717) is 0 Å². The Morgan fingerprint density at radius 2 is 2.18 bits per heavy atom. The fourth-order valence-corrected chi connectivity index (χ4v) is 1.13. The zero-order chi connectivity index (χ0) is 8.48. The summed E-state index contributed by atoms with van der Waals surface area (Å²) in [5.41, 5.74) is 5.12. The third-order valence-corrected chi connectivity index (χ3v) is 1.61. The first kappa shape index (κ1) is 8.83. The lowest BCUT2D eigenvalue weighted by atomic mass is 10.0. The largest absolute Gasteiger partial charge is 0.368 e. The molecule has 11 heavy (non-hydrogen) atoms. The lowest BCUT2D eigenvalue weighted by Gasteiger charge is -2.31. The average molecular weight is 167 g/mol. The molecule has 0 aliphatic carbocycles. The van der Waals surface area contributed by atoms with Crippen molar-refractivity contribution in [1.29, 1.82) is 0 Å². The Hall–Kier alpha value is -0.260. The molecular formula is C6H11F2NO2. The number of hydrogen-bond donors (Lipinski definition) is 2. The van der Waals surface area contributed by atoms with Gasteiger partial charge in [-0.1, -0.05) is 0 Å². The van der Waals surface area contributed by atoms with E-state index in [1.54, 1.807) is 0 Å². The van der Waals surface area contributed by atoms with Crippen molar-refractivity contribution < 1.29 is 18.6 Å². The van der Waals surface area contributed by atoms with Crippen molar-refractivity contribution in [2.45, 2.75) is 31.2 Å². The summed E-state index contributed by atoms with van der Waals surface area (Å²) in [6.45, 7) is 0.0205. The van der Waals surface area contributed by atoms with Gasteiger partial charge in [-0.2, -0.15) is 0 Å². The topological polar surface area (TPSA) is 55.5 Å². The molecule has 1 rings (SSSR count). The molecule has 0 aromatic heterocycles. The molecule has 0 aromatic carbocycles. The van der Waals surface area contributed by atoms with Gasteiger partial charge in [0.05, 0.1) is 12.5 Å². The first-order valence-electron chi connectivity index (χ1n) is 3.45. The minimum absolute atomic E-state index is 0.0205. The lowest BCUT2D eigenvalue weighted by molar-refractivity contribution is -0.228. The Balaban J connectivity index is 2.51. The number of rotatable bonds is 1. The quantitative estimate of drug-likeness (QED) is 0.581. The van der Waals surface area contributed by atoms with Crippen LogP contribution in [-0.2, 0) is 4.74 Å². The average Bonchev–Trinajstić information content (AvgIpc) is 1.83. The molecule has 0 saturated carbocycles. The molecule has 0 aromatic rings. The van der Waals surface area contributed by atoms with E-state index >= 15 is 0 Å². The van der Waals surface area contributed by atoms with Gasteiger partial charge in [0, 0.05) is 13.0 Å². The summed E-state index contributed by atoms with van der Waals surface area (Å²) in [6, 6.07) is 0. The molecular weight excluding hydrogens is 156 g/mol. The van der Waals surface area contributed by atoms with Crippen molar-refractivity contribution in [2.75, 3.05) is 6.54 Å². The molecule has 1 fully saturated rings. The smallest absolute Gasteiger partial charge is 0.255 e. The van der Waals surface area contributed by atoms with Crippen LogP contribution in [0, 0.1) is 0 Å². The van der Waals surface area contributed by atoms with Gasteiger partial charge in [0.15, 0.2) is 6.29 Å². The maximum atomic E-state index is 12.6. The summed E-state index contributed by atoms with van der Waals surface area (Å²) in [5.74, 6) is -2.83. The Morgan fingerprint density at radius 3 is 2.64 bits per heavy atom. The van der Waals surface area contributed by atoms with E-state index in [0.717, 1.165) is 0 Å². The predicted molar refractivity (Wildman–Crippen MR) is 34.1 cm³/mol. The van der Waals surface area contributed by atoms with Crippen LogP contribution < -0.4 is 5.73 Å². The van der Waals surface area contributed by atoms with E-state index in [9.17, 15) is 8.78 Å². The number of aliphatic hydroxyl groups is 1. The molecule has 1 aliphatic rings. The number of ether oxygens (including phenoxy) is 1. The normalized spacial score (nSPS) is 37.1. The van der Waals surface area contributed by atoms with Crippen molar-refractivity contribution in [3.8, 4) is 0 Å². The number of aliphatic hydroxyl groups excluding tert-OH is 1. The van der Waals surface area contributed by atoms with Crippen LogP contribution in [0.4, 0.5) is 8.78 Å². The molecule has 3 N–H and O–H groups in total. The van der Waals surface area contributed by atoms with Crippen molar-refractivity contribution >= 4 is 0 Å². The molecule has 0 bridgehead atoms. The zero-order valence-electron chi connectivity index (χ0n) is 5.96. The van der Waals surface area contributed by atoms with E-state index in [1.807, 2.05) is 0 Å². The van der Waals surface area contributed by atoms with Gasteiger partial charge < -0.3 is 15.6 Å². The highest BCUT2D eigenvalue weighted by Gasteiger charge is 2.40. The molecule has 1 aliphatic heterocycles. The van der Waals surface area contributed by atoms with Crippen LogP contribution in [0.25, 0.3) is 0 Å². The standard InChI is InChI=1S/C6H11F2NO2/c7-6(8)1-4(3-9)11-5(10)2-6/h4-5,10H,1-3,9H2. The van der Waals surface area contributed by atoms with E-state index in [4.69, 9.17) is 15.6 Å². The minimum Gasteiger partial charge on any atom is -0.368 e. The number of halogens is 2. The molecule has 0 amide bonds. The van der Waals surface area contributed by atoms with Gasteiger partial charge in [-0.05, 0) is 0 Å². The second-order valence-corrected chi connectivity index (χ2v) is 2.71. The summed E-state index contributed by atoms with van der Waals surface area (Å²) in [5, 5.41) is 8.79. The summed E-state index contributed by atoms with van der Waals surface area (Å²) < 4.78 is 29.9. The molecule has 1 saturated heterocycles. The summed E-state index contributed by atoms with van der Waals surface area (Å²) in [7, 11) is 0. The van der Waals surface area contributed by atoms with Crippen LogP contribution in [0.3, 0.4) is 0 Å². The Bertz CT molecular complexity index is 143. The Morgan fingerprint density at radius 1 is 1.55 bits per heavy atom. The van der Waals surface area contributed by atoms with Crippen LogP contribution in [0.5, 0.6) is 0 Å². The lowest BCUT2D eigenvalue weighted by Crippen LogP contribution is -2.42. The highest BCUT2D eigenvalue weighted by Crippen LogP contribution is 2.32. The minimum atomic E-state index is -2.83.